The molecule has 14 heavy (non-hydrogen) atoms. The second-order valence-electron chi connectivity index (χ2n) is 2.82. The van der Waals surface area contributed by atoms with E-state index in [-0.39, 0.29) is 6.79 Å². The van der Waals surface area contributed by atoms with Crippen molar-refractivity contribution >= 4 is 0 Å². The Kier molecular flexibility index (Phi) is 1.44. The van der Waals surface area contributed by atoms with Crippen molar-refractivity contribution in [2.75, 3.05) is 6.79 Å². The van der Waals surface area contributed by atoms with Gasteiger partial charge >= 0.3 is 0 Å². The molecular formula is C9H6N2O3. The lowest BCUT2D eigenvalue weighted by Crippen LogP contribution is -1.92. The molecule has 5 heteroatoms. The van der Waals surface area contributed by atoms with Crippen LogP contribution in [0.25, 0.3) is 11.4 Å². The lowest BCUT2D eigenvalue weighted by Gasteiger charge is -1.97. The van der Waals surface area contributed by atoms with Gasteiger partial charge in [0.25, 0.3) is 0 Å². The molecule has 0 bridgehead atoms. The summed E-state index contributed by atoms with van der Waals surface area (Å²) in [5.74, 6) is 2.01. The standard InChI is InChI=1S/C9H6N2O3/c1-2-7-8(13-5-12-7)3-6(1)9-10-4-14-11-9/h1-4H,5H2. The molecule has 0 radical (unpaired) electrons. The molecule has 2 aromatic rings. The second-order valence-corrected chi connectivity index (χ2v) is 2.82. The quantitative estimate of drug-likeness (QED) is 0.681. The van der Waals surface area contributed by atoms with Crippen molar-refractivity contribution in [1.82, 2.24) is 10.1 Å². The first-order valence-electron chi connectivity index (χ1n) is 4.10. The van der Waals surface area contributed by atoms with E-state index in [1.54, 1.807) is 0 Å². The van der Waals surface area contributed by atoms with Gasteiger partial charge in [-0.25, -0.2) is 0 Å². The Hall–Kier alpha value is -2.04. The van der Waals surface area contributed by atoms with Crippen molar-refractivity contribution < 1.29 is 14.0 Å². The summed E-state index contributed by atoms with van der Waals surface area (Å²) in [7, 11) is 0. The highest BCUT2D eigenvalue weighted by Gasteiger charge is 2.14. The predicted octanol–water partition coefficient (Wildman–Crippen LogP) is 1.47. The van der Waals surface area contributed by atoms with Crippen LogP contribution in [0, 0.1) is 0 Å². The molecule has 1 aromatic heterocycles. The SMILES string of the molecule is c1nc(-c2ccc3c(c2)OCO3)no1. The molecule has 0 aliphatic carbocycles. The largest absolute Gasteiger partial charge is 0.454 e. The number of nitrogens with zero attached hydrogens (tertiary/aromatic N) is 2. The first-order chi connectivity index (χ1) is 6.93. The molecular weight excluding hydrogens is 184 g/mol. The molecule has 5 nitrogen and oxygen atoms in total. The number of ether oxygens (including phenoxy) is 2. The Morgan fingerprint density at radius 3 is 2.93 bits per heavy atom. The summed E-state index contributed by atoms with van der Waals surface area (Å²) in [4.78, 5) is 3.94. The fourth-order valence-electron chi connectivity index (χ4n) is 1.33. The molecule has 1 aliphatic heterocycles. The molecule has 2 heterocycles. The number of fused-ring (bicyclic) bond motifs is 1. The van der Waals surface area contributed by atoms with E-state index in [4.69, 9.17) is 9.47 Å². The minimum absolute atomic E-state index is 0.269. The minimum atomic E-state index is 0.269. The van der Waals surface area contributed by atoms with E-state index in [9.17, 15) is 0 Å². The van der Waals surface area contributed by atoms with Gasteiger partial charge in [0.05, 0.1) is 0 Å². The van der Waals surface area contributed by atoms with Gasteiger partial charge < -0.3 is 14.0 Å². The summed E-state index contributed by atoms with van der Waals surface area (Å²) in [6.07, 6.45) is 1.29. The van der Waals surface area contributed by atoms with Crippen molar-refractivity contribution in [2.24, 2.45) is 0 Å². The Labute approximate surface area is 79.3 Å². The maximum absolute atomic E-state index is 5.23. The Morgan fingerprint density at radius 2 is 2.07 bits per heavy atom. The first kappa shape index (κ1) is 7.37. The maximum atomic E-state index is 5.23. The predicted molar refractivity (Wildman–Crippen MR) is 45.9 cm³/mol. The van der Waals surface area contributed by atoms with E-state index < -0.39 is 0 Å². The number of hydrogen-bond donors (Lipinski definition) is 0. The van der Waals surface area contributed by atoms with Crippen LogP contribution in [0.5, 0.6) is 11.5 Å². The molecule has 0 unspecified atom stereocenters. The summed E-state index contributed by atoms with van der Waals surface area (Å²) >= 11 is 0. The lowest BCUT2D eigenvalue weighted by atomic mass is 10.2. The average molecular weight is 190 g/mol. The van der Waals surface area contributed by atoms with Gasteiger partial charge in [-0.05, 0) is 18.2 Å². The Balaban J connectivity index is 2.09. The topological polar surface area (TPSA) is 57.4 Å². The monoisotopic (exact) mass is 190 g/mol. The van der Waals surface area contributed by atoms with Gasteiger partial charge in [-0.15, -0.1) is 0 Å². The van der Waals surface area contributed by atoms with Crippen molar-refractivity contribution in [3.8, 4) is 22.9 Å². The Bertz CT molecular complexity index is 453. The van der Waals surface area contributed by atoms with Crippen molar-refractivity contribution in [3.05, 3.63) is 24.6 Å². The third-order valence-corrected chi connectivity index (χ3v) is 1.99. The zero-order chi connectivity index (χ0) is 9.38. The average Bonchev–Trinajstić information content (AvgIpc) is 2.88. The van der Waals surface area contributed by atoms with E-state index >= 15 is 0 Å². The summed E-state index contributed by atoms with van der Waals surface area (Å²) in [5.41, 5.74) is 0.850. The van der Waals surface area contributed by atoms with Crippen LogP contribution in [0.2, 0.25) is 0 Å². The van der Waals surface area contributed by atoms with Gasteiger partial charge in [-0.1, -0.05) is 5.16 Å². The molecule has 3 rings (SSSR count). The van der Waals surface area contributed by atoms with Gasteiger partial charge in [-0.3, -0.25) is 0 Å². The van der Waals surface area contributed by atoms with Crippen LogP contribution in [0.4, 0.5) is 0 Å². The van der Waals surface area contributed by atoms with Crippen molar-refractivity contribution in [3.63, 3.8) is 0 Å². The number of rotatable bonds is 1. The molecule has 0 saturated carbocycles. The summed E-state index contributed by atoms with van der Waals surface area (Å²) in [6.45, 7) is 0.269. The minimum Gasteiger partial charge on any atom is -0.454 e. The second kappa shape index (κ2) is 2.73. The highest BCUT2D eigenvalue weighted by Crippen LogP contribution is 2.34. The molecule has 0 atom stereocenters. The molecule has 70 valence electrons. The van der Waals surface area contributed by atoms with E-state index in [0.717, 1.165) is 11.3 Å². The third kappa shape index (κ3) is 1.02. The molecule has 1 aromatic carbocycles. The fraction of sp³-hybridized carbons (Fsp3) is 0.111. The van der Waals surface area contributed by atoms with E-state index in [1.807, 2.05) is 18.2 Å². The number of hydrogen-bond acceptors (Lipinski definition) is 5. The number of benzene rings is 1. The van der Waals surface area contributed by atoms with Crippen LogP contribution < -0.4 is 9.47 Å². The van der Waals surface area contributed by atoms with Crippen LogP contribution in [0.1, 0.15) is 0 Å². The molecule has 0 N–H and O–H groups in total. The normalized spacial score (nSPS) is 13.1. The van der Waals surface area contributed by atoms with Gasteiger partial charge in [0.15, 0.2) is 11.5 Å². The van der Waals surface area contributed by atoms with Gasteiger partial charge in [0.1, 0.15) is 0 Å². The maximum Gasteiger partial charge on any atom is 0.231 e. The van der Waals surface area contributed by atoms with Crippen molar-refractivity contribution in [1.29, 1.82) is 0 Å². The van der Waals surface area contributed by atoms with Crippen LogP contribution in [0.15, 0.2) is 29.1 Å². The van der Waals surface area contributed by atoms with Crippen LogP contribution in [0.3, 0.4) is 0 Å². The molecule has 0 fully saturated rings. The zero-order valence-corrected chi connectivity index (χ0v) is 7.14. The summed E-state index contributed by atoms with van der Waals surface area (Å²) < 4.78 is 15.1. The third-order valence-electron chi connectivity index (χ3n) is 1.99. The van der Waals surface area contributed by atoms with Gasteiger partial charge in [0, 0.05) is 5.56 Å². The van der Waals surface area contributed by atoms with E-state index in [0.29, 0.717) is 11.6 Å². The van der Waals surface area contributed by atoms with Crippen LogP contribution in [-0.2, 0) is 0 Å². The fourth-order valence-corrected chi connectivity index (χ4v) is 1.33. The molecule has 0 amide bonds. The smallest absolute Gasteiger partial charge is 0.231 e. The molecule has 0 saturated heterocycles. The summed E-state index contributed by atoms with van der Waals surface area (Å²) in [5, 5.41) is 3.73. The highest BCUT2D eigenvalue weighted by molar-refractivity contribution is 5.60. The van der Waals surface area contributed by atoms with E-state index in [2.05, 4.69) is 14.7 Å². The van der Waals surface area contributed by atoms with Gasteiger partial charge in [-0.2, -0.15) is 4.98 Å². The van der Waals surface area contributed by atoms with Gasteiger partial charge in [0.2, 0.25) is 19.0 Å². The first-order valence-corrected chi connectivity index (χ1v) is 4.10. The van der Waals surface area contributed by atoms with Crippen molar-refractivity contribution in [2.45, 2.75) is 0 Å². The lowest BCUT2D eigenvalue weighted by molar-refractivity contribution is 0.174. The zero-order valence-electron chi connectivity index (χ0n) is 7.14. The van der Waals surface area contributed by atoms with Crippen LogP contribution >= 0.6 is 0 Å². The molecule has 0 spiro atoms. The number of aromatic nitrogens is 2. The Morgan fingerprint density at radius 1 is 1.14 bits per heavy atom. The van der Waals surface area contributed by atoms with Crippen LogP contribution in [-0.4, -0.2) is 16.9 Å². The van der Waals surface area contributed by atoms with E-state index in [1.165, 1.54) is 6.39 Å². The highest BCUT2D eigenvalue weighted by atomic mass is 16.7. The molecule has 1 aliphatic rings. The summed E-state index contributed by atoms with van der Waals surface area (Å²) in [6, 6.07) is 5.51.